The first-order valence-corrected chi connectivity index (χ1v) is 10.2. The van der Waals surface area contributed by atoms with Gasteiger partial charge in [0.25, 0.3) is 5.91 Å². The summed E-state index contributed by atoms with van der Waals surface area (Å²) < 4.78 is 16.4. The highest BCUT2D eigenvalue weighted by atomic mass is 19.1. The number of carbonyl (C=O) groups excluding carboxylic acids is 1. The Morgan fingerprint density at radius 3 is 2.21 bits per heavy atom. The molecule has 6 heteroatoms. The summed E-state index contributed by atoms with van der Waals surface area (Å²) in [5.41, 5.74) is 3.31. The van der Waals surface area contributed by atoms with Gasteiger partial charge in [0.1, 0.15) is 5.82 Å². The van der Waals surface area contributed by atoms with Crippen LogP contribution in [0.2, 0.25) is 0 Å². The van der Waals surface area contributed by atoms with Crippen molar-refractivity contribution < 1.29 is 9.18 Å². The molecule has 1 amide bonds. The van der Waals surface area contributed by atoms with E-state index in [9.17, 15) is 14.0 Å². The van der Waals surface area contributed by atoms with Crippen LogP contribution in [0.1, 0.15) is 47.5 Å². The summed E-state index contributed by atoms with van der Waals surface area (Å²) in [5, 5.41) is 0. The molecule has 2 fully saturated rings. The maximum atomic E-state index is 13.4. The molecule has 0 N–H and O–H groups in total. The number of aromatic nitrogens is 2. The molecule has 2 aliphatic heterocycles. The van der Waals surface area contributed by atoms with Crippen molar-refractivity contribution in [3.05, 3.63) is 69.9 Å². The van der Waals surface area contributed by atoms with Gasteiger partial charge in [-0.25, -0.2) is 9.18 Å². The Kier molecular flexibility index (Phi) is 4.12. The fraction of sp³-hybridized carbons (Fsp3) is 0.391. The lowest BCUT2D eigenvalue weighted by molar-refractivity contribution is 0.0571. The zero-order valence-corrected chi connectivity index (χ0v) is 16.6. The van der Waals surface area contributed by atoms with E-state index in [4.69, 9.17) is 0 Å². The first kappa shape index (κ1) is 18.2. The van der Waals surface area contributed by atoms with Gasteiger partial charge >= 0.3 is 5.69 Å². The van der Waals surface area contributed by atoms with Gasteiger partial charge in [0, 0.05) is 31.7 Å². The number of imidazole rings is 1. The van der Waals surface area contributed by atoms with Crippen molar-refractivity contribution in [3.63, 3.8) is 0 Å². The van der Waals surface area contributed by atoms with E-state index in [1.807, 2.05) is 30.3 Å². The number of rotatable bonds is 2. The largest absolute Gasteiger partial charge is 0.333 e. The van der Waals surface area contributed by atoms with Gasteiger partial charge in [-0.2, -0.15) is 0 Å². The normalized spacial score (nSPS) is 23.7. The summed E-state index contributed by atoms with van der Waals surface area (Å²) in [6.07, 6.45) is 3.86. The number of fused-ring (bicyclic) bond motifs is 3. The smallest absolute Gasteiger partial charge is 0.328 e. The van der Waals surface area contributed by atoms with Crippen molar-refractivity contribution in [2.24, 2.45) is 14.1 Å². The van der Waals surface area contributed by atoms with Crippen molar-refractivity contribution >= 4 is 16.9 Å². The van der Waals surface area contributed by atoms with Crippen molar-refractivity contribution in [2.75, 3.05) is 0 Å². The van der Waals surface area contributed by atoms with E-state index in [1.165, 1.54) is 12.1 Å². The number of hydrogen-bond donors (Lipinski definition) is 0. The number of piperidine rings is 1. The average molecular weight is 393 g/mol. The summed E-state index contributed by atoms with van der Waals surface area (Å²) >= 11 is 0. The summed E-state index contributed by atoms with van der Waals surface area (Å²) in [7, 11) is 3.48. The van der Waals surface area contributed by atoms with E-state index in [0.717, 1.165) is 42.3 Å². The Hall–Kier alpha value is -2.89. The molecule has 2 aromatic carbocycles. The third-order valence-corrected chi connectivity index (χ3v) is 6.83. The van der Waals surface area contributed by atoms with E-state index in [0.29, 0.717) is 11.5 Å². The van der Waals surface area contributed by atoms with Crippen LogP contribution in [0.25, 0.3) is 11.0 Å². The molecule has 0 saturated carbocycles. The van der Waals surface area contributed by atoms with Gasteiger partial charge in [-0.1, -0.05) is 12.1 Å². The van der Waals surface area contributed by atoms with Crippen LogP contribution >= 0.6 is 0 Å². The Balaban J connectivity index is 1.43. The molecule has 150 valence electrons. The Bertz CT molecular complexity index is 1150. The number of nitrogens with zero attached hydrogens (tertiary/aromatic N) is 3. The number of aryl methyl sites for hydroxylation is 2. The molecular weight excluding hydrogens is 369 g/mol. The fourth-order valence-corrected chi connectivity index (χ4v) is 5.30. The predicted octanol–water partition coefficient (Wildman–Crippen LogP) is 3.57. The lowest BCUT2D eigenvalue weighted by Crippen LogP contribution is -2.46. The minimum Gasteiger partial charge on any atom is -0.333 e. The number of halogens is 1. The zero-order chi connectivity index (χ0) is 20.3. The summed E-state index contributed by atoms with van der Waals surface area (Å²) in [5.74, 6) is 0.206. The van der Waals surface area contributed by atoms with Crippen molar-refractivity contribution in [1.29, 1.82) is 0 Å². The van der Waals surface area contributed by atoms with Crippen LogP contribution in [-0.4, -0.2) is 32.0 Å². The minimum absolute atomic E-state index is 0.0493. The first-order valence-electron chi connectivity index (χ1n) is 10.2. The fourth-order valence-electron chi connectivity index (χ4n) is 5.30. The molecule has 0 spiro atoms. The van der Waals surface area contributed by atoms with Gasteiger partial charge in [-0.3, -0.25) is 13.9 Å². The van der Waals surface area contributed by atoms with E-state index in [-0.39, 0.29) is 29.5 Å². The molecule has 3 aromatic rings. The van der Waals surface area contributed by atoms with Crippen LogP contribution in [0.5, 0.6) is 0 Å². The van der Waals surface area contributed by atoms with Gasteiger partial charge in [0.2, 0.25) is 0 Å². The molecule has 0 radical (unpaired) electrons. The SMILES string of the molecule is Cn1c(=O)n(C)c2cc(C(=O)N3[C@@H]4CC[C@H]3CC(c3ccc(F)cc3)C4)ccc21. The molecule has 29 heavy (non-hydrogen) atoms. The first-order chi connectivity index (χ1) is 13.9. The minimum atomic E-state index is -0.213. The maximum absolute atomic E-state index is 13.4. The van der Waals surface area contributed by atoms with Gasteiger partial charge in [0.15, 0.2) is 0 Å². The van der Waals surface area contributed by atoms with E-state index < -0.39 is 0 Å². The number of benzene rings is 2. The van der Waals surface area contributed by atoms with Crippen molar-refractivity contribution in [3.8, 4) is 0 Å². The molecule has 2 aliphatic rings. The second-order valence-corrected chi connectivity index (χ2v) is 8.42. The van der Waals surface area contributed by atoms with E-state index >= 15 is 0 Å². The van der Waals surface area contributed by atoms with Crippen LogP contribution in [0.15, 0.2) is 47.3 Å². The van der Waals surface area contributed by atoms with Crippen molar-refractivity contribution in [1.82, 2.24) is 14.0 Å². The highest BCUT2D eigenvalue weighted by molar-refractivity contribution is 5.98. The van der Waals surface area contributed by atoms with Crippen LogP contribution < -0.4 is 5.69 Å². The topological polar surface area (TPSA) is 47.2 Å². The van der Waals surface area contributed by atoms with E-state index in [2.05, 4.69) is 4.90 Å². The predicted molar refractivity (Wildman–Crippen MR) is 110 cm³/mol. The standard InChI is InChI=1S/C23H24FN3O2/c1-25-20-10-5-15(13-21(20)26(2)23(25)29)22(28)27-18-8-9-19(27)12-16(11-18)14-3-6-17(24)7-4-14/h3-7,10,13,16,18-19H,8-9,11-12H2,1-2H3/t16?,18-,19+. The highest BCUT2D eigenvalue weighted by Crippen LogP contribution is 2.43. The lowest BCUT2D eigenvalue weighted by Gasteiger charge is -2.39. The molecule has 2 bridgehead atoms. The van der Waals surface area contributed by atoms with E-state index in [1.54, 1.807) is 23.2 Å². The van der Waals surface area contributed by atoms with Gasteiger partial charge in [-0.05, 0) is 67.5 Å². The van der Waals surface area contributed by atoms with Crippen LogP contribution in [0.4, 0.5) is 4.39 Å². The Labute approximate surface area is 168 Å². The van der Waals surface area contributed by atoms with Gasteiger partial charge in [-0.15, -0.1) is 0 Å². The van der Waals surface area contributed by atoms with Gasteiger partial charge < -0.3 is 4.90 Å². The second-order valence-electron chi connectivity index (χ2n) is 8.42. The molecule has 3 atom stereocenters. The summed E-state index contributed by atoms with van der Waals surface area (Å²) in [6.45, 7) is 0. The monoisotopic (exact) mass is 393 g/mol. The lowest BCUT2D eigenvalue weighted by atomic mass is 9.85. The highest BCUT2D eigenvalue weighted by Gasteiger charge is 2.43. The third kappa shape index (κ3) is 2.81. The second kappa shape index (κ2) is 6.58. The van der Waals surface area contributed by atoms with Crippen molar-refractivity contribution in [2.45, 2.75) is 43.7 Å². The van der Waals surface area contributed by atoms with Crippen LogP contribution in [-0.2, 0) is 14.1 Å². The molecule has 5 rings (SSSR count). The molecule has 1 aromatic heterocycles. The molecule has 0 aliphatic carbocycles. The molecule has 5 nitrogen and oxygen atoms in total. The number of amides is 1. The number of hydrogen-bond acceptors (Lipinski definition) is 2. The molecular formula is C23H24FN3O2. The summed E-state index contributed by atoms with van der Waals surface area (Å²) in [6, 6.07) is 12.7. The quantitative estimate of drug-likeness (QED) is 0.668. The third-order valence-electron chi connectivity index (χ3n) is 6.83. The molecule has 2 saturated heterocycles. The molecule has 1 unspecified atom stereocenters. The van der Waals surface area contributed by atoms with Crippen LogP contribution in [0, 0.1) is 5.82 Å². The maximum Gasteiger partial charge on any atom is 0.328 e. The molecule has 3 heterocycles. The Morgan fingerprint density at radius 2 is 1.55 bits per heavy atom. The van der Waals surface area contributed by atoms with Crippen LogP contribution in [0.3, 0.4) is 0 Å². The Morgan fingerprint density at radius 1 is 0.931 bits per heavy atom. The summed E-state index contributed by atoms with van der Waals surface area (Å²) in [4.78, 5) is 27.6. The average Bonchev–Trinajstić information content (AvgIpc) is 3.12. The van der Waals surface area contributed by atoms with Gasteiger partial charge in [0.05, 0.1) is 11.0 Å². The zero-order valence-electron chi connectivity index (χ0n) is 16.6. The number of carbonyl (C=O) groups is 1.